The van der Waals surface area contributed by atoms with Crippen LogP contribution in [0.2, 0.25) is 0 Å². The van der Waals surface area contributed by atoms with E-state index in [-0.39, 0.29) is 5.75 Å². The van der Waals surface area contributed by atoms with Crippen LogP contribution in [0.3, 0.4) is 0 Å². The molecule has 0 unspecified atom stereocenters. The second-order valence-electron chi connectivity index (χ2n) is 5.74. The molecular formula is C16H21N3O3S. The van der Waals surface area contributed by atoms with Crippen LogP contribution in [0.15, 0.2) is 28.9 Å². The second kappa shape index (κ2) is 6.80. The molecule has 0 saturated carbocycles. The highest BCUT2D eigenvalue weighted by atomic mass is 32.2. The van der Waals surface area contributed by atoms with Crippen molar-refractivity contribution in [3.05, 3.63) is 47.4 Å². The van der Waals surface area contributed by atoms with Crippen LogP contribution in [-0.2, 0) is 35.8 Å². The lowest BCUT2D eigenvalue weighted by atomic mass is 10.1. The van der Waals surface area contributed by atoms with Crippen molar-refractivity contribution in [3.8, 4) is 0 Å². The molecule has 0 fully saturated rings. The summed E-state index contributed by atoms with van der Waals surface area (Å²) in [4.78, 5) is 8.59. The number of oxazole rings is 1. The highest BCUT2D eigenvalue weighted by Crippen LogP contribution is 2.23. The van der Waals surface area contributed by atoms with E-state index in [1.165, 1.54) is 4.31 Å². The van der Waals surface area contributed by atoms with Crippen LogP contribution in [0.25, 0.3) is 0 Å². The maximum absolute atomic E-state index is 12.2. The Kier molecular flexibility index (Phi) is 4.77. The monoisotopic (exact) mass is 335 g/mol. The van der Waals surface area contributed by atoms with E-state index >= 15 is 0 Å². The minimum Gasteiger partial charge on any atom is -0.445 e. The lowest BCUT2D eigenvalue weighted by molar-refractivity contribution is 0.356. The number of fused-ring (bicyclic) bond motifs is 1. The molecule has 23 heavy (non-hydrogen) atoms. The molecule has 124 valence electrons. The molecule has 1 aliphatic rings. The first kappa shape index (κ1) is 16.1. The van der Waals surface area contributed by atoms with E-state index in [9.17, 15) is 8.42 Å². The summed E-state index contributed by atoms with van der Waals surface area (Å²) >= 11 is 0. The van der Waals surface area contributed by atoms with Crippen molar-refractivity contribution in [2.75, 3.05) is 12.3 Å². The molecular weight excluding hydrogens is 314 g/mol. The number of pyridine rings is 1. The maximum atomic E-state index is 12.2. The number of hydrogen-bond acceptors (Lipinski definition) is 5. The van der Waals surface area contributed by atoms with E-state index in [4.69, 9.17) is 4.42 Å². The van der Waals surface area contributed by atoms with Crippen LogP contribution < -0.4 is 0 Å². The molecule has 3 heterocycles. The zero-order valence-electron chi connectivity index (χ0n) is 13.2. The fourth-order valence-corrected chi connectivity index (χ4v) is 4.22. The molecule has 0 bridgehead atoms. The number of nitrogens with zero attached hydrogens (tertiary/aromatic N) is 3. The first-order chi connectivity index (χ1) is 11.1. The zero-order chi connectivity index (χ0) is 16.3. The zero-order valence-corrected chi connectivity index (χ0v) is 14.1. The van der Waals surface area contributed by atoms with Gasteiger partial charge in [-0.2, -0.15) is 4.31 Å². The molecule has 0 amide bonds. The first-order valence-corrected chi connectivity index (χ1v) is 9.53. The predicted molar refractivity (Wildman–Crippen MR) is 86.3 cm³/mol. The molecule has 0 saturated heterocycles. The van der Waals surface area contributed by atoms with Crippen molar-refractivity contribution in [1.82, 2.24) is 14.3 Å². The first-order valence-electron chi connectivity index (χ1n) is 7.92. The minimum absolute atomic E-state index is 0.189. The third-order valence-corrected chi connectivity index (χ3v) is 5.97. The van der Waals surface area contributed by atoms with E-state index in [0.717, 1.165) is 23.4 Å². The van der Waals surface area contributed by atoms with Gasteiger partial charge in [0.05, 0.1) is 18.0 Å². The lowest BCUT2D eigenvalue weighted by Gasteiger charge is -2.24. The van der Waals surface area contributed by atoms with Crippen molar-refractivity contribution >= 4 is 10.0 Å². The summed E-state index contributed by atoms with van der Waals surface area (Å²) in [6, 6.07) is 3.93. The van der Waals surface area contributed by atoms with Gasteiger partial charge in [0.2, 0.25) is 10.0 Å². The minimum atomic E-state index is -3.18. The van der Waals surface area contributed by atoms with Gasteiger partial charge in [0.25, 0.3) is 0 Å². The molecule has 2 aromatic heterocycles. The number of aryl methyl sites for hydroxylation is 2. The molecule has 7 heteroatoms. The number of aromatic nitrogens is 2. The number of sulfonamides is 1. The predicted octanol–water partition coefficient (Wildman–Crippen LogP) is 1.95. The van der Waals surface area contributed by atoms with E-state index < -0.39 is 10.0 Å². The molecule has 0 spiro atoms. The largest absolute Gasteiger partial charge is 0.445 e. The smallest absolute Gasteiger partial charge is 0.214 e. The summed E-state index contributed by atoms with van der Waals surface area (Å²) in [5.41, 5.74) is 1.90. The third-order valence-electron chi connectivity index (χ3n) is 3.94. The lowest BCUT2D eigenvalue weighted by Crippen LogP contribution is -2.37. The molecule has 0 atom stereocenters. The van der Waals surface area contributed by atoms with E-state index in [1.54, 1.807) is 6.20 Å². The van der Waals surface area contributed by atoms with Gasteiger partial charge in [-0.1, -0.05) is 13.0 Å². The summed E-state index contributed by atoms with van der Waals surface area (Å²) in [5.74, 6) is 1.69. The standard InChI is InChI=1S/C16H21N3O3S/c1-2-10-23(20,21)19-9-7-15-14(12-19)18-16(22-15)6-5-13-4-3-8-17-11-13/h3-4,8,11H,2,5-7,9-10,12H2,1H3. The molecule has 0 aliphatic carbocycles. The second-order valence-corrected chi connectivity index (χ2v) is 7.83. The summed E-state index contributed by atoms with van der Waals surface area (Å²) in [7, 11) is -3.18. The average molecular weight is 335 g/mol. The van der Waals surface area contributed by atoms with Crippen molar-refractivity contribution in [2.24, 2.45) is 0 Å². The molecule has 2 aromatic rings. The van der Waals surface area contributed by atoms with Crippen LogP contribution in [0.5, 0.6) is 0 Å². The Balaban J connectivity index is 1.67. The number of hydrogen-bond donors (Lipinski definition) is 0. The van der Waals surface area contributed by atoms with Gasteiger partial charge in [-0.15, -0.1) is 0 Å². The van der Waals surface area contributed by atoms with Crippen molar-refractivity contribution in [3.63, 3.8) is 0 Å². The Bertz CT molecular complexity index is 756. The van der Waals surface area contributed by atoms with E-state index in [0.29, 0.717) is 38.2 Å². The Morgan fingerprint density at radius 1 is 1.35 bits per heavy atom. The topological polar surface area (TPSA) is 76.3 Å². The highest BCUT2D eigenvalue weighted by Gasteiger charge is 2.29. The van der Waals surface area contributed by atoms with Gasteiger partial charge in [0.15, 0.2) is 5.89 Å². The SMILES string of the molecule is CCCS(=O)(=O)N1CCc2oc(CCc3cccnc3)nc2C1. The Morgan fingerprint density at radius 3 is 2.96 bits per heavy atom. The third kappa shape index (κ3) is 3.79. The molecule has 0 N–H and O–H groups in total. The average Bonchev–Trinajstić information content (AvgIpc) is 2.96. The van der Waals surface area contributed by atoms with Gasteiger partial charge in [0.1, 0.15) is 5.76 Å². The molecule has 0 aromatic carbocycles. The molecule has 3 rings (SSSR count). The molecule has 0 radical (unpaired) electrons. The summed E-state index contributed by atoms with van der Waals surface area (Å²) in [6.45, 7) is 2.68. The van der Waals surface area contributed by atoms with Crippen LogP contribution in [0, 0.1) is 0 Å². The van der Waals surface area contributed by atoms with E-state index in [2.05, 4.69) is 9.97 Å². The van der Waals surface area contributed by atoms with E-state index in [1.807, 2.05) is 25.3 Å². The fraction of sp³-hybridized carbons (Fsp3) is 0.500. The van der Waals surface area contributed by atoms with Gasteiger partial charge >= 0.3 is 0 Å². The van der Waals surface area contributed by atoms with Crippen molar-refractivity contribution in [2.45, 2.75) is 39.2 Å². The Labute approximate surface area is 136 Å². The van der Waals surface area contributed by atoms with Crippen LogP contribution in [0.1, 0.15) is 36.3 Å². The number of rotatable bonds is 6. The van der Waals surface area contributed by atoms with Gasteiger partial charge in [-0.05, 0) is 24.5 Å². The Morgan fingerprint density at radius 2 is 2.22 bits per heavy atom. The fourth-order valence-electron chi connectivity index (χ4n) is 2.76. The Hall–Kier alpha value is -1.73. The van der Waals surface area contributed by atoms with Crippen molar-refractivity contribution < 1.29 is 12.8 Å². The van der Waals surface area contributed by atoms with Gasteiger partial charge < -0.3 is 4.42 Å². The van der Waals surface area contributed by atoms with Gasteiger partial charge in [0, 0.05) is 31.8 Å². The van der Waals surface area contributed by atoms with Crippen molar-refractivity contribution in [1.29, 1.82) is 0 Å². The summed E-state index contributed by atoms with van der Waals surface area (Å²) in [6.07, 6.45) is 6.31. The summed E-state index contributed by atoms with van der Waals surface area (Å²) < 4.78 is 31.7. The van der Waals surface area contributed by atoms with Gasteiger partial charge in [-0.25, -0.2) is 13.4 Å². The normalized spacial score (nSPS) is 15.5. The highest BCUT2D eigenvalue weighted by molar-refractivity contribution is 7.89. The van der Waals surface area contributed by atoms with Gasteiger partial charge in [-0.3, -0.25) is 4.98 Å². The summed E-state index contributed by atoms with van der Waals surface area (Å²) in [5, 5.41) is 0. The maximum Gasteiger partial charge on any atom is 0.214 e. The quantitative estimate of drug-likeness (QED) is 0.806. The molecule has 1 aliphatic heterocycles. The molecule has 6 nitrogen and oxygen atoms in total. The van der Waals surface area contributed by atoms with Crippen LogP contribution in [-0.4, -0.2) is 35.0 Å². The van der Waals surface area contributed by atoms with Crippen LogP contribution >= 0.6 is 0 Å². The van der Waals surface area contributed by atoms with Crippen LogP contribution in [0.4, 0.5) is 0 Å².